The minimum atomic E-state index is -0.874. The summed E-state index contributed by atoms with van der Waals surface area (Å²) in [6, 6.07) is 4.02. The van der Waals surface area contributed by atoms with Crippen LogP contribution in [0.25, 0.3) is 0 Å². The number of nitrogens with zero attached hydrogens (tertiary/aromatic N) is 3. The third kappa shape index (κ3) is 4.20. The number of aryl methyl sites for hydroxylation is 1. The maximum atomic E-state index is 14.3. The van der Waals surface area contributed by atoms with E-state index in [1.807, 2.05) is 6.92 Å². The number of rotatable bonds is 5. The van der Waals surface area contributed by atoms with Crippen LogP contribution in [0.2, 0.25) is 5.02 Å². The Morgan fingerprint density at radius 3 is 2.90 bits per heavy atom. The molecule has 9 heteroatoms. The van der Waals surface area contributed by atoms with Crippen molar-refractivity contribution in [1.29, 1.82) is 0 Å². The van der Waals surface area contributed by atoms with E-state index >= 15 is 0 Å². The Morgan fingerprint density at radius 2 is 2.20 bits per heavy atom. The first-order chi connectivity index (χ1) is 14.3. The van der Waals surface area contributed by atoms with Crippen LogP contribution < -0.4 is 5.32 Å². The highest BCUT2D eigenvalue weighted by Gasteiger charge is 2.33. The number of amides is 1. The maximum Gasteiger partial charge on any atom is 0.320 e. The summed E-state index contributed by atoms with van der Waals surface area (Å²) in [5, 5.41) is 17.0. The van der Waals surface area contributed by atoms with E-state index in [4.69, 9.17) is 16.7 Å². The summed E-state index contributed by atoms with van der Waals surface area (Å²) in [6.07, 6.45) is 1.49. The summed E-state index contributed by atoms with van der Waals surface area (Å²) in [4.78, 5) is 25.8. The predicted molar refractivity (Wildman–Crippen MR) is 109 cm³/mol. The van der Waals surface area contributed by atoms with Gasteiger partial charge in [0, 0.05) is 23.6 Å². The van der Waals surface area contributed by atoms with Crippen LogP contribution in [0.1, 0.15) is 35.4 Å². The van der Waals surface area contributed by atoms with Gasteiger partial charge in [-0.05, 0) is 49.9 Å². The molecule has 1 fully saturated rings. The van der Waals surface area contributed by atoms with Crippen molar-refractivity contribution >= 4 is 23.5 Å². The molecule has 160 valence electrons. The highest BCUT2D eigenvalue weighted by atomic mass is 35.5. The monoisotopic (exact) mass is 434 g/mol. The average molecular weight is 435 g/mol. The lowest BCUT2D eigenvalue weighted by Crippen LogP contribution is -2.37. The zero-order chi connectivity index (χ0) is 21.4. The van der Waals surface area contributed by atoms with E-state index < -0.39 is 12.0 Å². The molecule has 2 aliphatic rings. The number of carboxylic acid groups (broad SMARTS) is 1. The predicted octanol–water partition coefficient (Wildman–Crippen LogP) is 2.37. The van der Waals surface area contributed by atoms with Crippen molar-refractivity contribution in [2.24, 2.45) is 5.92 Å². The molecule has 1 aromatic heterocycles. The number of fused-ring (bicyclic) bond motifs is 1. The fourth-order valence-corrected chi connectivity index (χ4v) is 4.52. The second-order valence-corrected chi connectivity index (χ2v) is 8.51. The number of hydrogen-bond donors (Lipinski definition) is 2. The van der Waals surface area contributed by atoms with Gasteiger partial charge in [-0.3, -0.25) is 14.3 Å². The van der Waals surface area contributed by atoms with Gasteiger partial charge in [0.2, 0.25) is 5.91 Å². The maximum absolute atomic E-state index is 14.3. The Morgan fingerprint density at radius 1 is 1.40 bits per heavy atom. The molecule has 4 rings (SSSR count). The number of carbonyl (C=O) groups is 2. The van der Waals surface area contributed by atoms with E-state index in [0.717, 1.165) is 17.0 Å². The molecule has 2 aliphatic heterocycles. The molecule has 3 heterocycles. The second-order valence-electron chi connectivity index (χ2n) is 8.07. The largest absolute Gasteiger partial charge is 0.480 e. The van der Waals surface area contributed by atoms with Crippen LogP contribution >= 0.6 is 11.6 Å². The molecule has 7 nitrogen and oxygen atoms in total. The summed E-state index contributed by atoms with van der Waals surface area (Å²) >= 11 is 5.85. The number of benzene rings is 1. The lowest BCUT2D eigenvalue weighted by Gasteiger charge is -2.29. The first-order valence-electron chi connectivity index (χ1n) is 10.0. The van der Waals surface area contributed by atoms with Gasteiger partial charge in [-0.25, -0.2) is 4.39 Å². The Balaban J connectivity index is 1.46. The molecule has 2 N–H and O–H groups in total. The van der Waals surface area contributed by atoms with Gasteiger partial charge in [0.1, 0.15) is 11.9 Å². The van der Waals surface area contributed by atoms with Crippen LogP contribution in [0.15, 0.2) is 18.2 Å². The summed E-state index contributed by atoms with van der Waals surface area (Å²) in [6.45, 7) is 3.77. The molecular weight excluding hydrogens is 411 g/mol. The molecule has 30 heavy (non-hydrogen) atoms. The van der Waals surface area contributed by atoms with E-state index in [1.54, 1.807) is 21.7 Å². The van der Waals surface area contributed by atoms with Crippen molar-refractivity contribution < 1.29 is 19.1 Å². The van der Waals surface area contributed by atoms with Crippen LogP contribution in [0, 0.1) is 18.7 Å². The number of halogens is 2. The Kier molecular flexibility index (Phi) is 5.79. The molecule has 0 saturated carbocycles. The number of aliphatic carboxylic acids is 1. The number of carboxylic acids is 1. The van der Waals surface area contributed by atoms with Gasteiger partial charge in [0.25, 0.3) is 0 Å². The highest BCUT2D eigenvalue weighted by Crippen LogP contribution is 2.26. The van der Waals surface area contributed by atoms with Crippen molar-refractivity contribution in [1.82, 2.24) is 20.0 Å². The van der Waals surface area contributed by atoms with E-state index in [9.17, 15) is 14.0 Å². The van der Waals surface area contributed by atoms with Crippen LogP contribution in [0.3, 0.4) is 0 Å². The van der Waals surface area contributed by atoms with E-state index in [1.165, 1.54) is 6.07 Å². The lowest BCUT2D eigenvalue weighted by atomic mass is 9.99. The summed E-state index contributed by atoms with van der Waals surface area (Å²) in [5.41, 5.74) is 3.43. The topological polar surface area (TPSA) is 87.5 Å². The summed E-state index contributed by atoms with van der Waals surface area (Å²) < 4.78 is 16.0. The molecule has 1 aromatic carbocycles. The molecule has 0 aliphatic carbocycles. The molecule has 2 atom stereocenters. The highest BCUT2D eigenvalue weighted by molar-refractivity contribution is 6.30. The number of aromatic nitrogens is 2. The fourth-order valence-electron chi connectivity index (χ4n) is 4.36. The Hall–Kier alpha value is -2.45. The van der Waals surface area contributed by atoms with Crippen molar-refractivity contribution in [3.63, 3.8) is 0 Å². The van der Waals surface area contributed by atoms with Crippen molar-refractivity contribution in [3.05, 3.63) is 51.6 Å². The van der Waals surface area contributed by atoms with Gasteiger partial charge in [0.15, 0.2) is 0 Å². The average Bonchev–Trinajstić information content (AvgIpc) is 3.29. The third-order valence-corrected chi connectivity index (χ3v) is 6.25. The molecule has 1 unspecified atom stereocenters. The Bertz CT molecular complexity index is 993. The van der Waals surface area contributed by atoms with Crippen LogP contribution in [0.4, 0.5) is 4.39 Å². The molecule has 0 radical (unpaired) electrons. The normalized spacial score (nSPS) is 21.0. The standard InChI is InChI=1S/C21H24ClFN4O3/c1-12-16-4-5-26(20(28)7-13-6-18(21(29)30)24-9-13)11-19(16)27(25-12)10-14-2-3-15(22)8-17(14)23/h2-3,8,13,18,24H,4-7,9-11H2,1H3,(H,29,30)/t13?,18-/m0/s1. The zero-order valence-corrected chi connectivity index (χ0v) is 17.5. The van der Waals surface area contributed by atoms with Crippen LogP contribution in [-0.2, 0) is 29.1 Å². The third-order valence-electron chi connectivity index (χ3n) is 6.01. The minimum absolute atomic E-state index is 0.0153. The molecule has 1 saturated heterocycles. The lowest BCUT2D eigenvalue weighted by molar-refractivity contribution is -0.139. The van der Waals surface area contributed by atoms with E-state index in [-0.39, 0.29) is 24.2 Å². The molecule has 0 spiro atoms. The van der Waals surface area contributed by atoms with Gasteiger partial charge in [-0.1, -0.05) is 17.7 Å². The SMILES string of the molecule is Cc1nn(Cc2ccc(Cl)cc2F)c2c1CCN(C(=O)CC1CN[C@H](C(=O)O)C1)C2. The van der Waals surface area contributed by atoms with E-state index in [0.29, 0.717) is 49.5 Å². The van der Waals surface area contributed by atoms with Crippen LogP contribution in [0.5, 0.6) is 0 Å². The van der Waals surface area contributed by atoms with Gasteiger partial charge in [-0.15, -0.1) is 0 Å². The fraction of sp³-hybridized carbons (Fsp3) is 0.476. The summed E-state index contributed by atoms with van der Waals surface area (Å²) in [7, 11) is 0. The van der Waals surface area contributed by atoms with Gasteiger partial charge in [0.05, 0.1) is 24.5 Å². The van der Waals surface area contributed by atoms with Gasteiger partial charge in [-0.2, -0.15) is 5.10 Å². The van der Waals surface area contributed by atoms with E-state index in [2.05, 4.69) is 10.4 Å². The number of carbonyl (C=O) groups excluding carboxylic acids is 1. The first kappa shape index (κ1) is 20.8. The summed E-state index contributed by atoms with van der Waals surface area (Å²) in [5.74, 6) is -1.22. The minimum Gasteiger partial charge on any atom is -0.480 e. The molecule has 0 bridgehead atoms. The zero-order valence-electron chi connectivity index (χ0n) is 16.7. The quantitative estimate of drug-likeness (QED) is 0.754. The van der Waals surface area contributed by atoms with Crippen molar-refractivity contribution in [2.75, 3.05) is 13.1 Å². The Labute approximate surface area is 178 Å². The van der Waals surface area contributed by atoms with Gasteiger partial charge < -0.3 is 15.3 Å². The molecule has 1 amide bonds. The smallest absolute Gasteiger partial charge is 0.320 e. The first-order valence-corrected chi connectivity index (χ1v) is 10.4. The van der Waals surface area contributed by atoms with Gasteiger partial charge >= 0.3 is 5.97 Å². The molecule has 2 aromatic rings. The second kappa shape index (κ2) is 8.35. The number of hydrogen-bond acceptors (Lipinski definition) is 4. The van der Waals surface area contributed by atoms with Crippen molar-refractivity contribution in [2.45, 2.75) is 45.3 Å². The number of nitrogens with one attached hydrogen (secondary N) is 1. The van der Waals surface area contributed by atoms with Crippen molar-refractivity contribution in [3.8, 4) is 0 Å². The van der Waals surface area contributed by atoms with Crippen LogP contribution in [-0.4, -0.2) is 50.8 Å². The molecular formula is C21H24ClFN4O3.